The van der Waals surface area contributed by atoms with Gasteiger partial charge in [0.05, 0.1) is 6.07 Å². The van der Waals surface area contributed by atoms with Crippen molar-refractivity contribution in [2.45, 2.75) is 71.8 Å². The highest BCUT2D eigenvalue weighted by molar-refractivity contribution is 5.95. The van der Waals surface area contributed by atoms with Crippen molar-refractivity contribution >= 4 is 23.6 Å². The predicted molar refractivity (Wildman–Crippen MR) is 117 cm³/mol. The molecule has 1 unspecified atom stereocenters. The lowest BCUT2D eigenvalue weighted by Crippen LogP contribution is -2.61. The van der Waals surface area contributed by atoms with Gasteiger partial charge in [-0.2, -0.15) is 18.4 Å². The lowest BCUT2D eigenvalue weighted by molar-refractivity contribution is -0.176. The van der Waals surface area contributed by atoms with Gasteiger partial charge in [-0.3, -0.25) is 19.2 Å². The predicted octanol–water partition coefficient (Wildman–Crippen LogP) is 1.10. The van der Waals surface area contributed by atoms with Crippen LogP contribution < -0.4 is 16.0 Å². The lowest BCUT2D eigenvalue weighted by atomic mass is 9.85. The Labute approximate surface area is 202 Å². The zero-order valence-corrected chi connectivity index (χ0v) is 20.5. The highest BCUT2D eigenvalue weighted by atomic mass is 19.4. The number of nitrogens with one attached hydrogen (secondary N) is 3. The van der Waals surface area contributed by atoms with Gasteiger partial charge in [-0.15, -0.1) is 0 Å². The Hall–Kier alpha value is -2.84. The molecule has 6 atom stereocenters. The SMILES string of the molecule is CC(C)(C)[C@H](NC(=O)C(F)(F)F)C(=O)N1C[C@H]2[C@@H]([C@H]1C(=O)N[C@H](C#N)CC1CCNC1=O)C2(C)C. The summed E-state index contributed by atoms with van der Waals surface area (Å²) in [5, 5.41) is 16.7. The van der Waals surface area contributed by atoms with E-state index in [9.17, 15) is 37.6 Å². The minimum Gasteiger partial charge on any atom is -0.356 e. The molecule has 0 bridgehead atoms. The standard InChI is InChI=1S/C23H32F3N5O4/c1-21(2,3)16(30-20(35)23(24,25)26)19(34)31-10-13-14(22(13,4)5)15(31)18(33)29-12(9-27)8-11-6-7-28-17(11)32/h11-16H,6-8,10H2,1-5H3,(H,28,32)(H,29,33)(H,30,35)/t11?,12-,13-,14-,15-,16+/m0/s1. The van der Waals surface area contributed by atoms with Gasteiger partial charge >= 0.3 is 12.1 Å². The Bertz CT molecular complexity index is 952. The van der Waals surface area contributed by atoms with Crippen LogP contribution in [0.5, 0.6) is 0 Å². The normalized spacial score (nSPS) is 28.9. The molecule has 1 saturated carbocycles. The van der Waals surface area contributed by atoms with Crippen molar-refractivity contribution in [3.8, 4) is 6.07 Å². The van der Waals surface area contributed by atoms with Crippen LogP contribution >= 0.6 is 0 Å². The number of piperidine rings is 1. The summed E-state index contributed by atoms with van der Waals surface area (Å²) in [6.45, 7) is 9.13. The number of alkyl halides is 3. The molecular weight excluding hydrogens is 467 g/mol. The van der Waals surface area contributed by atoms with Crippen molar-refractivity contribution in [2.24, 2.45) is 28.6 Å². The molecule has 0 aromatic heterocycles. The molecule has 2 heterocycles. The van der Waals surface area contributed by atoms with Crippen LogP contribution in [0, 0.1) is 39.9 Å². The second-order valence-electron chi connectivity index (χ2n) is 11.4. The summed E-state index contributed by atoms with van der Waals surface area (Å²) in [6, 6.07) is -1.48. The third-order valence-electron chi connectivity index (χ3n) is 7.56. The molecule has 0 radical (unpaired) electrons. The van der Waals surface area contributed by atoms with Crippen molar-refractivity contribution in [3.63, 3.8) is 0 Å². The van der Waals surface area contributed by atoms with Gasteiger partial charge in [-0.1, -0.05) is 34.6 Å². The summed E-state index contributed by atoms with van der Waals surface area (Å²) in [6.07, 6.45) is -4.49. The topological polar surface area (TPSA) is 131 Å². The van der Waals surface area contributed by atoms with Crippen LogP contribution in [0.15, 0.2) is 0 Å². The fourth-order valence-electron chi connectivity index (χ4n) is 5.40. The molecule has 2 aliphatic heterocycles. The van der Waals surface area contributed by atoms with Crippen LogP contribution in [-0.2, 0) is 19.2 Å². The average molecular weight is 500 g/mol. The molecule has 35 heavy (non-hydrogen) atoms. The van der Waals surface area contributed by atoms with Gasteiger partial charge in [-0.05, 0) is 35.5 Å². The van der Waals surface area contributed by atoms with Gasteiger partial charge in [0.2, 0.25) is 17.7 Å². The van der Waals surface area contributed by atoms with E-state index in [1.807, 2.05) is 19.9 Å². The molecule has 0 aromatic rings. The second kappa shape index (κ2) is 8.99. The average Bonchev–Trinajstić information content (AvgIpc) is 3.10. The van der Waals surface area contributed by atoms with E-state index in [0.29, 0.717) is 13.0 Å². The summed E-state index contributed by atoms with van der Waals surface area (Å²) in [7, 11) is 0. The number of halogens is 3. The minimum absolute atomic E-state index is 0.0396. The summed E-state index contributed by atoms with van der Waals surface area (Å²) >= 11 is 0. The molecule has 0 spiro atoms. The zero-order chi connectivity index (χ0) is 26.5. The second-order valence-corrected chi connectivity index (χ2v) is 11.4. The van der Waals surface area contributed by atoms with Crippen molar-refractivity contribution in [1.82, 2.24) is 20.9 Å². The van der Waals surface area contributed by atoms with Gasteiger partial charge in [0.1, 0.15) is 18.1 Å². The molecule has 12 heteroatoms. The number of nitrogens with zero attached hydrogens (tertiary/aromatic N) is 2. The van der Waals surface area contributed by atoms with Gasteiger partial charge in [0.15, 0.2) is 0 Å². The maximum atomic E-state index is 13.5. The first-order valence-electron chi connectivity index (χ1n) is 11.7. The van der Waals surface area contributed by atoms with Gasteiger partial charge in [0, 0.05) is 19.0 Å². The lowest BCUT2D eigenvalue weighted by Gasteiger charge is -2.37. The van der Waals surface area contributed by atoms with E-state index in [1.165, 1.54) is 25.7 Å². The summed E-state index contributed by atoms with van der Waals surface area (Å²) in [4.78, 5) is 51.6. The highest BCUT2D eigenvalue weighted by Crippen LogP contribution is 2.65. The van der Waals surface area contributed by atoms with E-state index >= 15 is 0 Å². The third-order valence-corrected chi connectivity index (χ3v) is 7.56. The Kier molecular flexibility index (Phi) is 6.87. The van der Waals surface area contributed by atoms with Crippen molar-refractivity contribution in [3.05, 3.63) is 0 Å². The fraction of sp³-hybridized carbons (Fsp3) is 0.783. The Morgan fingerprint density at radius 1 is 1.23 bits per heavy atom. The number of fused-ring (bicyclic) bond motifs is 1. The molecule has 1 aliphatic carbocycles. The van der Waals surface area contributed by atoms with Gasteiger partial charge < -0.3 is 20.9 Å². The van der Waals surface area contributed by atoms with E-state index in [4.69, 9.17) is 0 Å². The molecule has 194 valence electrons. The molecule has 0 aromatic carbocycles. The fourth-order valence-corrected chi connectivity index (χ4v) is 5.40. The number of nitriles is 1. The number of carbonyl (C=O) groups is 4. The van der Waals surface area contributed by atoms with Gasteiger partial charge in [-0.25, -0.2) is 0 Å². The van der Waals surface area contributed by atoms with Crippen LogP contribution in [0.1, 0.15) is 47.5 Å². The van der Waals surface area contributed by atoms with Crippen LogP contribution in [0.4, 0.5) is 13.2 Å². The number of amides is 4. The van der Waals surface area contributed by atoms with Crippen molar-refractivity contribution in [1.29, 1.82) is 5.26 Å². The first-order chi connectivity index (χ1) is 16.0. The van der Waals surface area contributed by atoms with Crippen molar-refractivity contribution < 1.29 is 32.3 Å². The number of hydrogen-bond acceptors (Lipinski definition) is 5. The smallest absolute Gasteiger partial charge is 0.356 e. The molecule has 9 nitrogen and oxygen atoms in total. The van der Waals surface area contributed by atoms with E-state index in [-0.39, 0.29) is 36.1 Å². The third kappa shape index (κ3) is 5.23. The zero-order valence-electron chi connectivity index (χ0n) is 20.5. The Balaban J connectivity index is 1.81. The molecule has 3 fully saturated rings. The van der Waals surface area contributed by atoms with Gasteiger partial charge in [0.25, 0.3) is 0 Å². The van der Waals surface area contributed by atoms with Crippen LogP contribution in [0.2, 0.25) is 0 Å². The highest BCUT2D eigenvalue weighted by Gasteiger charge is 2.70. The Morgan fingerprint density at radius 2 is 1.86 bits per heavy atom. The maximum absolute atomic E-state index is 13.5. The van der Waals surface area contributed by atoms with Crippen LogP contribution in [0.3, 0.4) is 0 Å². The maximum Gasteiger partial charge on any atom is 0.471 e. The summed E-state index contributed by atoms with van der Waals surface area (Å²) in [5.41, 5.74) is -1.33. The summed E-state index contributed by atoms with van der Waals surface area (Å²) < 4.78 is 38.8. The van der Waals surface area contributed by atoms with E-state index in [1.54, 1.807) is 5.32 Å². The van der Waals surface area contributed by atoms with E-state index < -0.39 is 53.4 Å². The Morgan fingerprint density at radius 3 is 2.34 bits per heavy atom. The monoisotopic (exact) mass is 499 g/mol. The molecular formula is C23H32F3N5O4. The van der Waals surface area contributed by atoms with E-state index in [0.717, 1.165) is 0 Å². The van der Waals surface area contributed by atoms with Crippen molar-refractivity contribution in [2.75, 3.05) is 13.1 Å². The largest absolute Gasteiger partial charge is 0.471 e. The molecule has 3 aliphatic rings. The van der Waals surface area contributed by atoms with Crippen LogP contribution in [-0.4, -0.2) is 65.9 Å². The molecule has 2 saturated heterocycles. The first kappa shape index (κ1) is 26.8. The minimum atomic E-state index is -5.16. The molecule has 4 amide bonds. The quantitative estimate of drug-likeness (QED) is 0.504. The van der Waals surface area contributed by atoms with Crippen LogP contribution in [0.25, 0.3) is 0 Å². The van der Waals surface area contributed by atoms with E-state index in [2.05, 4.69) is 10.6 Å². The number of likely N-dealkylation sites (tertiary alicyclic amines) is 1. The summed E-state index contributed by atoms with van der Waals surface area (Å²) in [5.74, 6) is -4.46. The number of hydrogen-bond donors (Lipinski definition) is 3. The molecule has 3 N–H and O–H groups in total. The molecule has 3 rings (SSSR count). The number of rotatable bonds is 6. The number of carbonyl (C=O) groups excluding carboxylic acids is 4. The first-order valence-corrected chi connectivity index (χ1v) is 11.7.